The van der Waals surface area contributed by atoms with Crippen molar-refractivity contribution < 1.29 is 9.53 Å². The SMILES string of the molecule is COCCC(=O)N1CCCC[C@@H]2[C@H]1[C@@H](c1ccccc1)CCN2C. The minimum atomic E-state index is 0.255. The van der Waals surface area contributed by atoms with Gasteiger partial charge < -0.3 is 14.5 Å². The number of piperidine rings is 1. The maximum absolute atomic E-state index is 12.9. The van der Waals surface area contributed by atoms with Crippen LogP contribution in [0.1, 0.15) is 43.6 Å². The van der Waals surface area contributed by atoms with E-state index < -0.39 is 0 Å². The number of likely N-dealkylation sites (N-methyl/N-ethyl adjacent to an activating group) is 1. The molecule has 0 unspecified atom stereocenters. The van der Waals surface area contributed by atoms with Crippen LogP contribution in [0.3, 0.4) is 0 Å². The highest BCUT2D eigenvalue weighted by Crippen LogP contribution is 2.38. The van der Waals surface area contributed by atoms with E-state index in [-0.39, 0.29) is 11.9 Å². The number of benzene rings is 1. The van der Waals surface area contributed by atoms with Crippen molar-refractivity contribution in [2.75, 3.05) is 33.9 Å². The van der Waals surface area contributed by atoms with Gasteiger partial charge in [-0.15, -0.1) is 0 Å². The van der Waals surface area contributed by atoms with Crippen LogP contribution in [0, 0.1) is 0 Å². The average Bonchev–Trinajstić information content (AvgIpc) is 2.84. The molecule has 0 aromatic heterocycles. The Labute approximate surface area is 145 Å². The summed E-state index contributed by atoms with van der Waals surface area (Å²) in [6.45, 7) is 2.51. The van der Waals surface area contributed by atoms with Gasteiger partial charge in [-0.2, -0.15) is 0 Å². The Bertz CT molecular complexity index is 534. The molecule has 2 fully saturated rings. The minimum absolute atomic E-state index is 0.255. The molecule has 4 nitrogen and oxygen atoms in total. The fourth-order valence-corrected chi connectivity index (χ4v) is 4.50. The molecule has 2 aliphatic rings. The third kappa shape index (κ3) is 3.65. The van der Waals surface area contributed by atoms with Crippen LogP contribution < -0.4 is 0 Å². The van der Waals surface area contributed by atoms with E-state index in [1.807, 2.05) is 0 Å². The van der Waals surface area contributed by atoms with E-state index in [4.69, 9.17) is 4.74 Å². The summed E-state index contributed by atoms with van der Waals surface area (Å²) >= 11 is 0. The molecule has 0 N–H and O–H groups in total. The van der Waals surface area contributed by atoms with Gasteiger partial charge >= 0.3 is 0 Å². The first kappa shape index (κ1) is 17.4. The number of carbonyl (C=O) groups is 1. The van der Waals surface area contributed by atoms with Crippen LogP contribution in [0.15, 0.2) is 30.3 Å². The van der Waals surface area contributed by atoms with Gasteiger partial charge in [0.2, 0.25) is 5.91 Å². The number of fused-ring (bicyclic) bond motifs is 1. The van der Waals surface area contributed by atoms with E-state index in [2.05, 4.69) is 47.2 Å². The fourth-order valence-electron chi connectivity index (χ4n) is 4.50. The number of carbonyl (C=O) groups excluding carboxylic acids is 1. The zero-order chi connectivity index (χ0) is 16.9. The summed E-state index contributed by atoms with van der Waals surface area (Å²) < 4.78 is 5.15. The summed E-state index contributed by atoms with van der Waals surface area (Å²) in [4.78, 5) is 17.5. The normalized spacial score (nSPS) is 28.2. The lowest BCUT2D eigenvalue weighted by molar-refractivity contribution is -0.137. The molecule has 0 aliphatic carbocycles. The predicted molar refractivity (Wildman–Crippen MR) is 96.1 cm³/mol. The standard InChI is InChI=1S/C20H30N2O2/c1-21-14-11-17(16-8-4-3-5-9-16)20-18(21)10-6-7-13-22(20)19(23)12-15-24-2/h3-5,8-9,17-18,20H,6-7,10-15H2,1-2H3/t17-,18-,20-/m1/s1. The molecule has 4 heteroatoms. The van der Waals surface area contributed by atoms with Crippen LogP contribution in [0.4, 0.5) is 0 Å². The van der Waals surface area contributed by atoms with E-state index in [0.29, 0.717) is 25.0 Å². The smallest absolute Gasteiger partial charge is 0.225 e. The highest BCUT2D eigenvalue weighted by Gasteiger charge is 2.42. The van der Waals surface area contributed by atoms with Crippen molar-refractivity contribution in [1.29, 1.82) is 0 Å². The largest absolute Gasteiger partial charge is 0.384 e. The summed E-state index contributed by atoms with van der Waals surface area (Å²) in [7, 11) is 3.89. The fraction of sp³-hybridized carbons (Fsp3) is 0.650. The van der Waals surface area contributed by atoms with Crippen molar-refractivity contribution in [2.24, 2.45) is 0 Å². The van der Waals surface area contributed by atoms with Gasteiger partial charge in [-0.3, -0.25) is 4.79 Å². The van der Waals surface area contributed by atoms with E-state index in [1.165, 1.54) is 18.4 Å². The van der Waals surface area contributed by atoms with E-state index >= 15 is 0 Å². The van der Waals surface area contributed by atoms with E-state index in [9.17, 15) is 4.79 Å². The van der Waals surface area contributed by atoms with Gasteiger partial charge in [-0.05, 0) is 38.4 Å². The number of ether oxygens (including phenoxy) is 1. The minimum Gasteiger partial charge on any atom is -0.384 e. The Morgan fingerprint density at radius 1 is 1.17 bits per heavy atom. The molecule has 2 heterocycles. The van der Waals surface area contributed by atoms with Gasteiger partial charge in [0, 0.05) is 25.6 Å². The summed E-state index contributed by atoms with van der Waals surface area (Å²) in [5.74, 6) is 0.696. The number of amides is 1. The van der Waals surface area contributed by atoms with Gasteiger partial charge in [-0.1, -0.05) is 36.8 Å². The van der Waals surface area contributed by atoms with Crippen LogP contribution in [-0.4, -0.2) is 61.6 Å². The maximum Gasteiger partial charge on any atom is 0.225 e. The highest BCUT2D eigenvalue weighted by molar-refractivity contribution is 5.77. The third-order valence-electron chi connectivity index (χ3n) is 5.74. The summed E-state index contributed by atoms with van der Waals surface area (Å²) in [5, 5.41) is 0. The van der Waals surface area contributed by atoms with Gasteiger partial charge in [0.25, 0.3) is 0 Å². The first-order valence-electron chi connectivity index (χ1n) is 9.26. The van der Waals surface area contributed by atoms with Crippen LogP contribution in [0.2, 0.25) is 0 Å². The lowest BCUT2D eigenvalue weighted by Gasteiger charge is -2.48. The number of likely N-dealkylation sites (tertiary alicyclic amines) is 2. The zero-order valence-electron chi connectivity index (χ0n) is 15.0. The van der Waals surface area contributed by atoms with Crippen molar-refractivity contribution >= 4 is 5.91 Å². The number of rotatable bonds is 4. The number of hydrogen-bond acceptors (Lipinski definition) is 3. The van der Waals surface area contributed by atoms with Gasteiger partial charge in [0.1, 0.15) is 0 Å². The second kappa shape index (κ2) is 8.13. The molecule has 2 saturated heterocycles. The predicted octanol–water partition coefficient (Wildman–Crippen LogP) is 2.89. The van der Waals surface area contributed by atoms with E-state index in [0.717, 1.165) is 25.9 Å². The van der Waals surface area contributed by atoms with Crippen LogP contribution >= 0.6 is 0 Å². The molecular weight excluding hydrogens is 300 g/mol. The van der Waals surface area contributed by atoms with Gasteiger partial charge in [0.15, 0.2) is 0 Å². The molecule has 1 amide bonds. The summed E-state index contributed by atoms with van der Waals surface area (Å²) in [5.41, 5.74) is 1.38. The monoisotopic (exact) mass is 330 g/mol. The summed E-state index contributed by atoms with van der Waals surface area (Å²) in [6, 6.07) is 11.5. The number of nitrogens with zero attached hydrogens (tertiary/aromatic N) is 2. The molecule has 3 rings (SSSR count). The molecule has 0 spiro atoms. The summed E-state index contributed by atoms with van der Waals surface area (Å²) in [6.07, 6.45) is 5.13. The first-order valence-corrected chi connectivity index (χ1v) is 9.26. The molecule has 2 aliphatic heterocycles. The second-order valence-electron chi connectivity index (χ2n) is 7.17. The number of hydrogen-bond donors (Lipinski definition) is 0. The third-order valence-corrected chi connectivity index (χ3v) is 5.74. The maximum atomic E-state index is 12.9. The highest BCUT2D eigenvalue weighted by atomic mass is 16.5. The Kier molecular flexibility index (Phi) is 5.90. The average molecular weight is 330 g/mol. The quantitative estimate of drug-likeness (QED) is 0.851. The Morgan fingerprint density at radius 2 is 1.96 bits per heavy atom. The zero-order valence-corrected chi connectivity index (χ0v) is 15.0. The van der Waals surface area contributed by atoms with Crippen LogP contribution in [-0.2, 0) is 9.53 Å². The molecule has 24 heavy (non-hydrogen) atoms. The molecule has 0 radical (unpaired) electrons. The lowest BCUT2D eigenvalue weighted by Crippen LogP contribution is -2.58. The Hall–Kier alpha value is -1.39. The van der Waals surface area contributed by atoms with Crippen molar-refractivity contribution in [3.05, 3.63) is 35.9 Å². The van der Waals surface area contributed by atoms with Crippen LogP contribution in [0.25, 0.3) is 0 Å². The molecule has 3 atom stereocenters. The van der Waals surface area contributed by atoms with Crippen molar-refractivity contribution in [1.82, 2.24) is 9.80 Å². The topological polar surface area (TPSA) is 32.8 Å². The molecular formula is C20H30N2O2. The van der Waals surface area contributed by atoms with Gasteiger partial charge in [-0.25, -0.2) is 0 Å². The van der Waals surface area contributed by atoms with Crippen molar-refractivity contribution in [2.45, 2.75) is 50.1 Å². The lowest BCUT2D eigenvalue weighted by atomic mass is 9.79. The molecule has 0 saturated carbocycles. The molecule has 1 aromatic rings. The van der Waals surface area contributed by atoms with E-state index in [1.54, 1.807) is 7.11 Å². The van der Waals surface area contributed by atoms with Gasteiger partial charge in [0.05, 0.1) is 19.1 Å². The molecule has 1 aromatic carbocycles. The van der Waals surface area contributed by atoms with Crippen molar-refractivity contribution in [3.63, 3.8) is 0 Å². The first-order chi connectivity index (χ1) is 11.7. The number of methoxy groups -OCH3 is 1. The molecule has 132 valence electrons. The van der Waals surface area contributed by atoms with Crippen molar-refractivity contribution in [3.8, 4) is 0 Å². The Balaban J connectivity index is 1.90. The second-order valence-corrected chi connectivity index (χ2v) is 7.17. The molecule has 0 bridgehead atoms. The van der Waals surface area contributed by atoms with Crippen LogP contribution in [0.5, 0.6) is 0 Å². The Morgan fingerprint density at radius 3 is 2.71 bits per heavy atom.